The quantitative estimate of drug-likeness (QED) is 0.518. The highest BCUT2D eigenvalue weighted by Gasteiger charge is 2.34. The molecule has 0 spiro atoms. The van der Waals surface area contributed by atoms with E-state index in [9.17, 15) is 18.8 Å². The Morgan fingerprint density at radius 1 is 1.10 bits per heavy atom. The molecule has 4 N–H and O–H groups in total. The van der Waals surface area contributed by atoms with Crippen molar-refractivity contribution < 1.29 is 14.0 Å². The number of aromatic amines is 1. The number of anilines is 3. The molecule has 0 saturated carbocycles. The van der Waals surface area contributed by atoms with E-state index in [2.05, 4.69) is 25.9 Å². The Morgan fingerprint density at radius 3 is 2.57 bits per heavy atom. The van der Waals surface area contributed by atoms with E-state index in [-0.39, 0.29) is 30.3 Å². The van der Waals surface area contributed by atoms with E-state index in [1.807, 2.05) is 30.3 Å². The number of fused-ring (bicyclic) bond motifs is 1. The molecule has 0 radical (unpaired) electrons. The van der Waals surface area contributed by atoms with Gasteiger partial charge in [-0.3, -0.25) is 19.4 Å². The third-order valence-electron chi connectivity index (χ3n) is 4.68. The lowest BCUT2D eigenvalue weighted by atomic mass is 9.92. The monoisotopic (exact) mass is 407 g/mol. The van der Waals surface area contributed by atoms with Gasteiger partial charge in [-0.05, 0) is 29.8 Å². The molecule has 1 aliphatic heterocycles. The summed E-state index contributed by atoms with van der Waals surface area (Å²) in [6, 6.07) is 14.8. The van der Waals surface area contributed by atoms with E-state index in [0.717, 1.165) is 5.56 Å². The van der Waals surface area contributed by atoms with Gasteiger partial charge < -0.3 is 16.0 Å². The Kier molecular flexibility index (Phi) is 5.25. The maximum absolute atomic E-state index is 13.1. The van der Waals surface area contributed by atoms with E-state index in [0.29, 0.717) is 5.69 Å². The van der Waals surface area contributed by atoms with Crippen LogP contribution in [0, 0.1) is 5.82 Å². The first kappa shape index (κ1) is 19.3. The van der Waals surface area contributed by atoms with Crippen LogP contribution in [0.5, 0.6) is 0 Å². The highest BCUT2D eigenvalue weighted by molar-refractivity contribution is 6.00. The molecule has 9 heteroatoms. The van der Waals surface area contributed by atoms with Crippen LogP contribution in [0.1, 0.15) is 23.5 Å². The van der Waals surface area contributed by atoms with Crippen LogP contribution in [0.25, 0.3) is 0 Å². The van der Waals surface area contributed by atoms with E-state index in [4.69, 9.17) is 0 Å². The van der Waals surface area contributed by atoms with Gasteiger partial charge in [0.2, 0.25) is 17.8 Å². The maximum Gasteiger partial charge on any atom is 0.258 e. The first-order valence-electron chi connectivity index (χ1n) is 9.28. The number of nitrogens with zero attached hydrogens (tertiary/aromatic N) is 1. The Hall–Kier alpha value is -4.01. The minimum Gasteiger partial charge on any atom is -0.351 e. The lowest BCUT2D eigenvalue weighted by molar-refractivity contribution is -0.126. The van der Waals surface area contributed by atoms with Crippen molar-refractivity contribution in [2.24, 2.45) is 0 Å². The molecule has 0 aliphatic carbocycles. The van der Waals surface area contributed by atoms with Crippen LogP contribution in [0.15, 0.2) is 59.4 Å². The molecule has 2 amide bonds. The summed E-state index contributed by atoms with van der Waals surface area (Å²) in [7, 11) is 0. The number of amides is 2. The Balaban J connectivity index is 1.57. The lowest BCUT2D eigenvalue weighted by Gasteiger charge is -2.23. The third-order valence-corrected chi connectivity index (χ3v) is 4.68. The summed E-state index contributed by atoms with van der Waals surface area (Å²) in [4.78, 5) is 44.3. The molecule has 30 heavy (non-hydrogen) atoms. The molecule has 4 rings (SSSR count). The molecule has 2 heterocycles. The van der Waals surface area contributed by atoms with Crippen molar-refractivity contribution in [2.75, 3.05) is 10.6 Å². The van der Waals surface area contributed by atoms with Crippen LogP contribution in [0.4, 0.5) is 21.8 Å². The van der Waals surface area contributed by atoms with Gasteiger partial charge >= 0.3 is 0 Å². The minimum atomic E-state index is -0.950. The molecule has 0 fully saturated rings. The van der Waals surface area contributed by atoms with Crippen LogP contribution in [-0.2, 0) is 16.1 Å². The molecular weight excluding hydrogens is 389 g/mol. The summed E-state index contributed by atoms with van der Waals surface area (Å²) in [5.41, 5.74) is 0.963. The molecule has 1 aromatic heterocycles. The van der Waals surface area contributed by atoms with Crippen molar-refractivity contribution in [2.45, 2.75) is 18.9 Å². The van der Waals surface area contributed by atoms with Gasteiger partial charge in [-0.15, -0.1) is 0 Å². The second-order valence-electron chi connectivity index (χ2n) is 6.82. The summed E-state index contributed by atoms with van der Waals surface area (Å²) in [5.74, 6) is -2.09. The van der Waals surface area contributed by atoms with Gasteiger partial charge in [0.25, 0.3) is 5.56 Å². The molecule has 1 unspecified atom stereocenters. The average molecular weight is 407 g/mol. The molecule has 152 valence electrons. The fourth-order valence-electron chi connectivity index (χ4n) is 3.23. The van der Waals surface area contributed by atoms with Gasteiger partial charge in [0.1, 0.15) is 11.6 Å². The fourth-order valence-corrected chi connectivity index (χ4v) is 3.23. The SMILES string of the molecule is O=C1CC(C(=O)NCc2ccccc2)c2c(nc(Nc3ccc(F)cc3)[nH]c2=O)N1. The lowest BCUT2D eigenvalue weighted by Crippen LogP contribution is -2.39. The fraction of sp³-hybridized carbons (Fsp3) is 0.143. The Bertz CT molecular complexity index is 1150. The Labute approximate surface area is 170 Å². The number of rotatable bonds is 5. The standard InChI is InChI=1S/C21H18FN5O3/c22-13-6-8-14(9-7-13)24-21-26-18-17(20(30)27-21)15(10-16(28)25-18)19(29)23-11-12-4-2-1-3-5-12/h1-9,15H,10-11H2,(H,23,29)(H3,24,25,26,27,28,30). The van der Waals surface area contributed by atoms with E-state index in [1.165, 1.54) is 24.3 Å². The van der Waals surface area contributed by atoms with Crippen molar-refractivity contribution in [1.82, 2.24) is 15.3 Å². The normalized spacial score (nSPS) is 15.1. The Morgan fingerprint density at radius 2 is 1.83 bits per heavy atom. The first-order valence-corrected chi connectivity index (χ1v) is 9.28. The molecule has 0 saturated heterocycles. The van der Waals surface area contributed by atoms with Gasteiger partial charge in [0.05, 0.1) is 11.5 Å². The summed E-state index contributed by atoms with van der Waals surface area (Å²) in [6.07, 6.45) is -0.150. The topological polar surface area (TPSA) is 116 Å². The zero-order chi connectivity index (χ0) is 21.1. The van der Waals surface area contributed by atoms with Crippen molar-refractivity contribution >= 4 is 29.3 Å². The summed E-state index contributed by atoms with van der Waals surface area (Å²) < 4.78 is 13.1. The number of hydrogen-bond acceptors (Lipinski definition) is 5. The van der Waals surface area contributed by atoms with E-state index in [1.54, 1.807) is 0 Å². The number of H-pyrrole nitrogens is 1. The first-order chi connectivity index (χ1) is 14.5. The van der Waals surface area contributed by atoms with Crippen molar-refractivity contribution in [3.05, 3.63) is 81.9 Å². The summed E-state index contributed by atoms with van der Waals surface area (Å²) in [6.45, 7) is 0.280. The summed E-state index contributed by atoms with van der Waals surface area (Å²) in [5, 5.41) is 8.15. The highest BCUT2D eigenvalue weighted by atomic mass is 19.1. The predicted octanol–water partition coefficient (Wildman–Crippen LogP) is 2.39. The van der Waals surface area contributed by atoms with E-state index >= 15 is 0 Å². The second kappa shape index (κ2) is 8.16. The smallest absolute Gasteiger partial charge is 0.258 e. The second-order valence-corrected chi connectivity index (χ2v) is 6.82. The molecule has 8 nitrogen and oxygen atoms in total. The number of aromatic nitrogens is 2. The third kappa shape index (κ3) is 4.19. The zero-order valence-electron chi connectivity index (χ0n) is 15.7. The molecular formula is C21H18FN5O3. The number of halogens is 1. The van der Waals surface area contributed by atoms with Crippen molar-refractivity contribution in [3.63, 3.8) is 0 Å². The largest absolute Gasteiger partial charge is 0.351 e. The maximum atomic E-state index is 13.1. The van der Waals surface area contributed by atoms with Gasteiger partial charge in [-0.2, -0.15) is 4.98 Å². The summed E-state index contributed by atoms with van der Waals surface area (Å²) >= 11 is 0. The zero-order valence-corrected chi connectivity index (χ0v) is 15.7. The van der Waals surface area contributed by atoms with E-state index < -0.39 is 29.1 Å². The van der Waals surface area contributed by atoms with Gasteiger partial charge in [0.15, 0.2) is 0 Å². The number of carbonyl (C=O) groups excluding carboxylic acids is 2. The molecule has 1 atom stereocenters. The average Bonchev–Trinajstić information content (AvgIpc) is 2.73. The van der Waals surface area contributed by atoms with Crippen LogP contribution in [0.2, 0.25) is 0 Å². The number of benzene rings is 2. The number of nitrogens with one attached hydrogen (secondary N) is 4. The van der Waals surface area contributed by atoms with Gasteiger partial charge in [-0.1, -0.05) is 30.3 Å². The molecule has 3 aromatic rings. The predicted molar refractivity (Wildman–Crippen MR) is 109 cm³/mol. The number of carbonyl (C=O) groups is 2. The number of hydrogen-bond donors (Lipinski definition) is 4. The van der Waals surface area contributed by atoms with Crippen LogP contribution >= 0.6 is 0 Å². The van der Waals surface area contributed by atoms with Gasteiger partial charge in [0, 0.05) is 18.7 Å². The molecule has 2 aromatic carbocycles. The highest BCUT2D eigenvalue weighted by Crippen LogP contribution is 2.29. The molecule has 0 bridgehead atoms. The van der Waals surface area contributed by atoms with Crippen LogP contribution in [-0.4, -0.2) is 21.8 Å². The van der Waals surface area contributed by atoms with Crippen LogP contribution < -0.4 is 21.5 Å². The minimum absolute atomic E-state index is 0.0273. The van der Waals surface area contributed by atoms with Crippen LogP contribution in [0.3, 0.4) is 0 Å². The molecule has 1 aliphatic rings. The van der Waals surface area contributed by atoms with Gasteiger partial charge in [-0.25, -0.2) is 4.39 Å². The van der Waals surface area contributed by atoms with Crippen molar-refractivity contribution in [3.8, 4) is 0 Å². The van der Waals surface area contributed by atoms with Crippen molar-refractivity contribution in [1.29, 1.82) is 0 Å².